The van der Waals surface area contributed by atoms with E-state index < -0.39 is 34.0 Å². The van der Waals surface area contributed by atoms with Crippen LogP contribution in [0.2, 0.25) is 0 Å². The van der Waals surface area contributed by atoms with Crippen LogP contribution in [0.1, 0.15) is 38.7 Å². The summed E-state index contributed by atoms with van der Waals surface area (Å²) >= 11 is 2.78. The molecular weight excluding hydrogens is 508 g/mol. The number of nitrogens with zero attached hydrogens (tertiary/aromatic N) is 4. The van der Waals surface area contributed by atoms with E-state index in [0.717, 1.165) is 16.8 Å². The minimum atomic E-state index is -4.75. The third-order valence-electron chi connectivity index (χ3n) is 4.68. The summed E-state index contributed by atoms with van der Waals surface area (Å²) in [4.78, 5) is 12.7. The Balaban J connectivity index is 1.88. The number of amides is 1. The largest absolute Gasteiger partial charge is 0.436 e. The number of nitrogens with one attached hydrogen (secondary N) is 1. The van der Waals surface area contributed by atoms with Crippen molar-refractivity contribution in [3.05, 3.63) is 62.6 Å². The summed E-state index contributed by atoms with van der Waals surface area (Å²) in [6.45, 7) is 3.15. The third-order valence-corrected chi connectivity index (χ3v) is 5.43. The number of halogens is 7. The van der Waals surface area contributed by atoms with Crippen molar-refractivity contribution < 1.29 is 31.1 Å². The first-order valence-electron chi connectivity index (χ1n) is 9.01. The van der Waals surface area contributed by atoms with Gasteiger partial charge in [-0.1, -0.05) is 12.1 Å². The van der Waals surface area contributed by atoms with E-state index in [0.29, 0.717) is 17.0 Å². The van der Waals surface area contributed by atoms with Crippen LogP contribution in [-0.4, -0.2) is 25.5 Å². The molecule has 3 aromatic rings. The number of carbonyl (C=O) groups is 1. The Morgan fingerprint density at radius 1 is 1.09 bits per heavy atom. The molecule has 1 N–H and O–H groups in total. The fourth-order valence-corrected chi connectivity index (χ4v) is 3.89. The Kier molecular flexibility index (Phi) is 6.15. The number of anilines is 1. The van der Waals surface area contributed by atoms with Crippen LogP contribution in [-0.2, 0) is 25.9 Å². The minimum absolute atomic E-state index is 0.0000897. The first-order chi connectivity index (χ1) is 14.7. The second kappa shape index (κ2) is 8.26. The smallest absolute Gasteiger partial charge is 0.317 e. The lowest BCUT2D eigenvalue weighted by Crippen LogP contribution is -2.17. The van der Waals surface area contributed by atoms with Gasteiger partial charge in [0.2, 0.25) is 0 Å². The molecule has 0 aliphatic rings. The molecule has 13 heteroatoms. The van der Waals surface area contributed by atoms with Crippen LogP contribution in [0.25, 0.3) is 0 Å². The number of aromatic nitrogens is 4. The molecule has 0 saturated carbocycles. The molecule has 0 aliphatic carbocycles. The van der Waals surface area contributed by atoms with Gasteiger partial charge in [-0.2, -0.15) is 36.5 Å². The monoisotopic (exact) mass is 523 g/mol. The quantitative estimate of drug-likeness (QED) is 0.470. The summed E-state index contributed by atoms with van der Waals surface area (Å²) in [7, 11) is 1.20. The first-order valence-corrected chi connectivity index (χ1v) is 9.80. The Labute approximate surface area is 186 Å². The van der Waals surface area contributed by atoms with Crippen molar-refractivity contribution in [1.82, 2.24) is 19.6 Å². The van der Waals surface area contributed by atoms with Gasteiger partial charge in [0.15, 0.2) is 5.69 Å². The fraction of sp³-hybridized carbons (Fsp3) is 0.316. The SMILES string of the molecule is Cc1nn(Cc2cccc(C(F)(F)F)c2)c(C)c1NC(=O)c1c(Br)c(C(F)(F)F)nn1C. The van der Waals surface area contributed by atoms with Crippen molar-refractivity contribution in [1.29, 1.82) is 0 Å². The van der Waals surface area contributed by atoms with Crippen molar-refractivity contribution in [2.45, 2.75) is 32.7 Å². The Morgan fingerprint density at radius 3 is 2.31 bits per heavy atom. The maximum absolute atomic E-state index is 13.1. The van der Waals surface area contributed by atoms with Crippen molar-refractivity contribution in [3.8, 4) is 0 Å². The topological polar surface area (TPSA) is 64.7 Å². The van der Waals surface area contributed by atoms with E-state index >= 15 is 0 Å². The molecule has 6 nitrogen and oxygen atoms in total. The average Bonchev–Trinajstić information content (AvgIpc) is 3.11. The van der Waals surface area contributed by atoms with Crippen molar-refractivity contribution in [2.75, 3.05) is 5.32 Å². The summed E-state index contributed by atoms with van der Waals surface area (Å²) in [6, 6.07) is 4.75. The predicted octanol–water partition coefficient (Wildman–Crippen LogP) is 5.33. The fourth-order valence-electron chi connectivity index (χ4n) is 3.15. The highest BCUT2D eigenvalue weighted by atomic mass is 79.9. The highest BCUT2D eigenvalue weighted by molar-refractivity contribution is 9.10. The molecular formula is C19H16BrF6N5O. The zero-order chi connectivity index (χ0) is 24.0. The molecule has 0 unspecified atom stereocenters. The highest BCUT2D eigenvalue weighted by Crippen LogP contribution is 2.36. The number of benzene rings is 1. The van der Waals surface area contributed by atoms with E-state index in [-0.39, 0.29) is 17.9 Å². The molecule has 0 radical (unpaired) electrons. The second-order valence-electron chi connectivity index (χ2n) is 6.99. The maximum atomic E-state index is 13.1. The normalized spacial score (nSPS) is 12.3. The second-order valence-corrected chi connectivity index (χ2v) is 7.78. The molecule has 0 aliphatic heterocycles. The summed E-state index contributed by atoms with van der Waals surface area (Å²) in [5.74, 6) is -0.854. The van der Waals surface area contributed by atoms with E-state index in [1.54, 1.807) is 13.8 Å². The average molecular weight is 524 g/mol. The lowest BCUT2D eigenvalue weighted by Gasteiger charge is -2.10. The minimum Gasteiger partial charge on any atom is -0.317 e. The van der Waals surface area contributed by atoms with Crippen LogP contribution >= 0.6 is 15.9 Å². The zero-order valence-corrected chi connectivity index (χ0v) is 18.4. The van der Waals surface area contributed by atoms with Crippen LogP contribution in [0.3, 0.4) is 0 Å². The maximum Gasteiger partial charge on any atom is 0.436 e. The molecule has 2 heterocycles. The van der Waals surface area contributed by atoms with Crippen molar-refractivity contribution in [2.24, 2.45) is 7.05 Å². The molecule has 1 aromatic carbocycles. The number of carbonyl (C=O) groups excluding carboxylic acids is 1. The standard InChI is InChI=1S/C19H16BrF6N5O/c1-9-14(27-17(32)15-13(20)16(19(24,25)26)29-30(15)3)10(2)31(28-9)8-11-5-4-6-12(7-11)18(21,22)23/h4-7H,8H2,1-3H3,(H,27,32). The number of aryl methyl sites for hydroxylation is 2. The summed E-state index contributed by atoms with van der Waals surface area (Å²) in [6.07, 6.45) is -9.24. The van der Waals surface area contributed by atoms with E-state index in [4.69, 9.17) is 0 Å². The molecule has 172 valence electrons. The number of alkyl halides is 6. The van der Waals surface area contributed by atoms with Gasteiger partial charge in [-0.3, -0.25) is 14.2 Å². The number of rotatable bonds is 4. The molecule has 2 aromatic heterocycles. The van der Waals surface area contributed by atoms with Gasteiger partial charge in [0.05, 0.1) is 33.7 Å². The van der Waals surface area contributed by atoms with Crippen LogP contribution in [0, 0.1) is 13.8 Å². The number of hydrogen-bond donors (Lipinski definition) is 1. The Hall–Kier alpha value is -2.83. The summed E-state index contributed by atoms with van der Waals surface area (Å²) in [5, 5.41) is 10.1. The molecule has 1 amide bonds. The Morgan fingerprint density at radius 2 is 1.75 bits per heavy atom. The molecule has 32 heavy (non-hydrogen) atoms. The Bertz CT molecular complexity index is 1180. The van der Waals surface area contributed by atoms with Gasteiger partial charge in [0.1, 0.15) is 5.69 Å². The molecule has 0 fully saturated rings. The zero-order valence-electron chi connectivity index (χ0n) is 16.9. The van der Waals surface area contributed by atoms with E-state index in [1.165, 1.54) is 23.9 Å². The van der Waals surface area contributed by atoms with Gasteiger partial charge >= 0.3 is 12.4 Å². The van der Waals surface area contributed by atoms with E-state index in [2.05, 4.69) is 31.4 Å². The summed E-state index contributed by atoms with van der Waals surface area (Å²) in [5.41, 5.74) is -1.04. The predicted molar refractivity (Wildman–Crippen MR) is 106 cm³/mol. The molecule has 0 bridgehead atoms. The molecule has 0 atom stereocenters. The van der Waals surface area contributed by atoms with Crippen LogP contribution < -0.4 is 5.32 Å². The summed E-state index contributed by atoms with van der Waals surface area (Å²) < 4.78 is 79.7. The first kappa shape index (κ1) is 23.8. The highest BCUT2D eigenvalue weighted by Gasteiger charge is 2.39. The molecule has 0 saturated heterocycles. The van der Waals surface area contributed by atoms with Gasteiger partial charge in [0, 0.05) is 7.05 Å². The van der Waals surface area contributed by atoms with Crippen LogP contribution in [0.4, 0.5) is 32.0 Å². The third kappa shape index (κ3) is 4.66. The van der Waals surface area contributed by atoms with Gasteiger partial charge < -0.3 is 5.32 Å². The lowest BCUT2D eigenvalue weighted by molar-refractivity contribution is -0.142. The van der Waals surface area contributed by atoms with Gasteiger partial charge in [-0.25, -0.2) is 0 Å². The van der Waals surface area contributed by atoms with Gasteiger partial charge in [-0.05, 0) is 47.5 Å². The number of hydrogen-bond acceptors (Lipinski definition) is 3. The molecule has 0 spiro atoms. The van der Waals surface area contributed by atoms with Crippen LogP contribution in [0.15, 0.2) is 28.7 Å². The lowest BCUT2D eigenvalue weighted by atomic mass is 10.1. The van der Waals surface area contributed by atoms with E-state index in [9.17, 15) is 31.1 Å². The van der Waals surface area contributed by atoms with Crippen molar-refractivity contribution in [3.63, 3.8) is 0 Å². The molecule has 3 rings (SSSR count). The van der Waals surface area contributed by atoms with Gasteiger partial charge in [0.25, 0.3) is 5.91 Å². The van der Waals surface area contributed by atoms with Gasteiger partial charge in [-0.15, -0.1) is 0 Å². The van der Waals surface area contributed by atoms with E-state index in [1.807, 2.05) is 0 Å². The van der Waals surface area contributed by atoms with Crippen molar-refractivity contribution >= 4 is 27.5 Å². The van der Waals surface area contributed by atoms with Crippen LogP contribution in [0.5, 0.6) is 0 Å².